The summed E-state index contributed by atoms with van der Waals surface area (Å²) in [6.45, 7) is 0. The molecule has 0 amide bonds. The van der Waals surface area contributed by atoms with Crippen LogP contribution >= 0.6 is 0 Å². The van der Waals surface area contributed by atoms with Gasteiger partial charge in [-0.15, -0.1) is 0 Å². The Kier molecular flexibility index (Phi) is 9.21. The lowest BCUT2D eigenvalue weighted by Gasteiger charge is -2.32. The van der Waals surface area contributed by atoms with E-state index in [1.54, 1.807) is 0 Å². The molecule has 0 unspecified atom stereocenters. The van der Waals surface area contributed by atoms with E-state index in [9.17, 15) is 0 Å². The number of nitrogens with zero attached hydrogens (tertiary/aromatic N) is 2. The van der Waals surface area contributed by atoms with Crippen LogP contribution in [-0.2, 0) is 5.41 Å². The van der Waals surface area contributed by atoms with Crippen molar-refractivity contribution in [2.24, 2.45) is 0 Å². The number of para-hydroxylation sites is 1. The van der Waals surface area contributed by atoms with Gasteiger partial charge in [-0.1, -0.05) is 218 Å². The van der Waals surface area contributed by atoms with E-state index in [1.165, 1.54) is 93.8 Å². The molecule has 0 saturated heterocycles. The Bertz CT molecular complexity index is 4180. The quantitative estimate of drug-likeness (QED) is 0.155. The zero-order chi connectivity index (χ0) is 48.0. The summed E-state index contributed by atoms with van der Waals surface area (Å²) in [7, 11) is 0. The lowest BCUT2D eigenvalue weighted by Crippen LogP contribution is -2.26. The lowest BCUT2D eigenvalue weighted by atomic mass is 9.70. The van der Waals surface area contributed by atoms with Crippen LogP contribution in [0, 0.1) is 0 Å². The minimum atomic E-state index is -0.473. The summed E-state index contributed by atoms with van der Waals surface area (Å²) in [5.74, 6) is 0. The average Bonchev–Trinajstić information content (AvgIpc) is 4.08. The Labute approximate surface area is 425 Å². The topological polar surface area (TPSA) is 8.17 Å². The van der Waals surface area contributed by atoms with Crippen molar-refractivity contribution >= 4 is 49.6 Å². The van der Waals surface area contributed by atoms with E-state index in [-0.39, 0.29) is 0 Å². The molecule has 0 N–H and O–H groups in total. The Hall–Kier alpha value is -9.50. The summed E-state index contributed by atoms with van der Waals surface area (Å²) in [4.78, 5) is 2.48. The van der Waals surface area contributed by atoms with Gasteiger partial charge in [-0.3, -0.25) is 0 Å². The van der Waals surface area contributed by atoms with Gasteiger partial charge < -0.3 is 9.47 Å². The number of benzene rings is 12. The smallest absolute Gasteiger partial charge is 0.0726 e. The highest BCUT2D eigenvalue weighted by Gasteiger charge is 2.51. The maximum atomic E-state index is 2.50. The molecule has 13 aromatic rings. The number of hydrogen-bond donors (Lipinski definition) is 0. The average molecular weight is 927 g/mol. The fraction of sp³-hybridized carbons (Fsp3) is 0.0141. The van der Waals surface area contributed by atoms with Gasteiger partial charge in [-0.25, -0.2) is 0 Å². The van der Waals surface area contributed by atoms with E-state index < -0.39 is 5.41 Å². The largest absolute Gasteiger partial charge is 0.310 e. The molecule has 0 bridgehead atoms. The van der Waals surface area contributed by atoms with Gasteiger partial charge in [0.2, 0.25) is 0 Å². The van der Waals surface area contributed by atoms with Gasteiger partial charge in [0.15, 0.2) is 0 Å². The van der Waals surface area contributed by atoms with Crippen molar-refractivity contribution in [3.63, 3.8) is 0 Å². The molecule has 0 radical (unpaired) electrons. The van der Waals surface area contributed by atoms with Gasteiger partial charge in [0.25, 0.3) is 0 Å². The molecule has 2 aliphatic carbocycles. The summed E-state index contributed by atoms with van der Waals surface area (Å²) >= 11 is 0. The third-order valence-electron chi connectivity index (χ3n) is 15.8. The molecule has 1 aromatic heterocycles. The summed E-state index contributed by atoms with van der Waals surface area (Å²) < 4.78 is 2.46. The predicted octanol–water partition coefficient (Wildman–Crippen LogP) is 18.8. The van der Waals surface area contributed by atoms with E-state index in [2.05, 4.69) is 289 Å². The number of hydrogen-bond acceptors (Lipinski definition) is 1. The van der Waals surface area contributed by atoms with Crippen LogP contribution in [-0.4, -0.2) is 4.57 Å². The SMILES string of the molecule is c1ccc(-c2cc(-c3ccccc3)cc(N(c3ccc(-c4ccc5c6ccc7ccccc7c6n(-c6ccccc6)c5c4)cc3)c3ccc4c(c3)C3(c5ccccc5-c5ccccc53)c3ccccc3-4)c2)cc1. The molecular formula is C71H46N2. The normalized spacial score (nSPS) is 12.8. The van der Waals surface area contributed by atoms with Crippen LogP contribution in [0.3, 0.4) is 0 Å². The monoisotopic (exact) mass is 926 g/mol. The van der Waals surface area contributed by atoms with Crippen molar-refractivity contribution in [1.29, 1.82) is 0 Å². The molecule has 12 aromatic carbocycles. The number of aromatic nitrogens is 1. The van der Waals surface area contributed by atoms with Crippen LogP contribution in [0.4, 0.5) is 17.1 Å². The summed E-state index contributed by atoms with van der Waals surface area (Å²) in [5, 5.41) is 4.99. The molecule has 2 heteroatoms. The van der Waals surface area contributed by atoms with Gasteiger partial charge in [-0.05, 0) is 144 Å². The van der Waals surface area contributed by atoms with Crippen LogP contribution in [0.25, 0.3) is 93.9 Å². The van der Waals surface area contributed by atoms with Gasteiger partial charge in [-0.2, -0.15) is 0 Å². The molecular weight excluding hydrogens is 881 g/mol. The minimum Gasteiger partial charge on any atom is -0.310 e. The summed E-state index contributed by atoms with van der Waals surface area (Å²) in [5.41, 5.74) is 23.9. The third-order valence-corrected chi connectivity index (χ3v) is 15.8. The van der Waals surface area contributed by atoms with E-state index in [1.807, 2.05) is 0 Å². The molecule has 73 heavy (non-hydrogen) atoms. The lowest BCUT2D eigenvalue weighted by molar-refractivity contribution is 0.793. The third kappa shape index (κ3) is 6.24. The molecule has 2 aliphatic rings. The molecule has 340 valence electrons. The zero-order valence-electron chi connectivity index (χ0n) is 40.0. The molecule has 0 fully saturated rings. The van der Waals surface area contributed by atoms with Crippen molar-refractivity contribution in [1.82, 2.24) is 4.57 Å². The Morgan fingerprint density at radius 2 is 0.767 bits per heavy atom. The molecule has 2 nitrogen and oxygen atoms in total. The standard InChI is InChI=1S/C71H46N2/c1-4-18-47(19-5-1)52-42-53(48-20-6-2-7-21-48)44-57(43-52)72(56-38-41-62-61-28-14-17-31-67(61)71(68(62)46-56)65-29-15-12-26-59(65)60-27-13-16-30-66(60)71)55-36-32-49(33-37-55)51-35-39-63-64-40-34-50-22-10-11-25-58(50)70(64)73(69(63)45-51)54-23-8-3-9-24-54/h1-46H. The number of fused-ring (bicyclic) bond motifs is 15. The maximum Gasteiger partial charge on any atom is 0.0726 e. The Morgan fingerprint density at radius 3 is 1.40 bits per heavy atom. The van der Waals surface area contributed by atoms with Crippen molar-refractivity contribution in [2.45, 2.75) is 5.41 Å². The second-order valence-electron chi connectivity index (χ2n) is 19.6. The summed E-state index contributed by atoms with van der Waals surface area (Å²) in [6, 6.07) is 103. The van der Waals surface area contributed by atoms with Gasteiger partial charge >= 0.3 is 0 Å². The van der Waals surface area contributed by atoms with Crippen LogP contribution in [0.1, 0.15) is 22.3 Å². The van der Waals surface area contributed by atoms with E-state index in [0.717, 1.165) is 39.4 Å². The van der Waals surface area contributed by atoms with Crippen molar-refractivity contribution < 1.29 is 0 Å². The van der Waals surface area contributed by atoms with Crippen LogP contribution in [0.5, 0.6) is 0 Å². The first-order valence-electron chi connectivity index (χ1n) is 25.3. The van der Waals surface area contributed by atoms with Crippen molar-refractivity contribution in [3.05, 3.63) is 301 Å². The highest BCUT2D eigenvalue weighted by molar-refractivity contribution is 6.19. The van der Waals surface area contributed by atoms with Crippen molar-refractivity contribution in [2.75, 3.05) is 4.90 Å². The summed E-state index contributed by atoms with van der Waals surface area (Å²) in [6.07, 6.45) is 0. The second kappa shape index (κ2) is 16.3. The molecule has 1 spiro atoms. The minimum absolute atomic E-state index is 0.473. The highest BCUT2D eigenvalue weighted by atomic mass is 15.1. The van der Waals surface area contributed by atoms with E-state index in [0.29, 0.717) is 0 Å². The van der Waals surface area contributed by atoms with Crippen LogP contribution in [0.2, 0.25) is 0 Å². The number of rotatable bonds is 7. The molecule has 15 rings (SSSR count). The molecule has 0 aliphatic heterocycles. The predicted molar refractivity (Wildman–Crippen MR) is 306 cm³/mol. The molecule has 0 atom stereocenters. The van der Waals surface area contributed by atoms with Gasteiger partial charge in [0, 0.05) is 38.9 Å². The molecule has 1 heterocycles. The van der Waals surface area contributed by atoms with Gasteiger partial charge in [0.1, 0.15) is 0 Å². The first kappa shape index (κ1) is 41.3. The van der Waals surface area contributed by atoms with E-state index in [4.69, 9.17) is 0 Å². The van der Waals surface area contributed by atoms with Crippen LogP contribution < -0.4 is 4.90 Å². The number of anilines is 3. The zero-order valence-corrected chi connectivity index (χ0v) is 40.0. The Morgan fingerprint density at radius 1 is 0.274 bits per heavy atom. The highest BCUT2D eigenvalue weighted by Crippen LogP contribution is 2.63. The first-order chi connectivity index (χ1) is 36.2. The van der Waals surface area contributed by atoms with Gasteiger partial charge in [0.05, 0.1) is 16.4 Å². The van der Waals surface area contributed by atoms with E-state index >= 15 is 0 Å². The fourth-order valence-corrected chi connectivity index (χ4v) is 12.6. The fourth-order valence-electron chi connectivity index (χ4n) is 12.6. The first-order valence-corrected chi connectivity index (χ1v) is 25.3. The maximum absolute atomic E-state index is 2.50. The van der Waals surface area contributed by atoms with Crippen LogP contribution in [0.15, 0.2) is 279 Å². The second-order valence-corrected chi connectivity index (χ2v) is 19.6. The molecule has 0 saturated carbocycles. The van der Waals surface area contributed by atoms with Crippen molar-refractivity contribution in [3.8, 4) is 61.3 Å². The Balaban J connectivity index is 0.942.